The van der Waals surface area contributed by atoms with Crippen molar-refractivity contribution in [2.24, 2.45) is 7.05 Å². The van der Waals surface area contributed by atoms with Crippen LogP contribution >= 0.6 is 11.8 Å². The highest BCUT2D eigenvalue weighted by Gasteiger charge is 2.29. The Kier molecular flexibility index (Phi) is 8.66. The quantitative estimate of drug-likeness (QED) is 0.512. The molecule has 0 saturated carbocycles. The lowest BCUT2D eigenvalue weighted by atomic mass is 10.2. The number of esters is 1. The molecule has 0 aliphatic rings. The molecule has 0 fully saturated rings. The van der Waals surface area contributed by atoms with Crippen molar-refractivity contribution in [3.63, 3.8) is 0 Å². The summed E-state index contributed by atoms with van der Waals surface area (Å²) in [6.45, 7) is 5.00. The summed E-state index contributed by atoms with van der Waals surface area (Å²) in [6.07, 6.45) is 0.953. The van der Waals surface area contributed by atoms with E-state index in [2.05, 4.69) is 15.1 Å². The van der Waals surface area contributed by atoms with E-state index in [1.807, 2.05) is 13.2 Å². The summed E-state index contributed by atoms with van der Waals surface area (Å²) in [5, 5.41) is 6.95. The van der Waals surface area contributed by atoms with Gasteiger partial charge in [-0.05, 0) is 51.3 Å². The summed E-state index contributed by atoms with van der Waals surface area (Å²) in [7, 11) is -2.16. The number of rotatable bonds is 10. The van der Waals surface area contributed by atoms with E-state index >= 15 is 0 Å². The maximum Gasteiger partial charge on any atom is 0.324 e. The fraction of sp³-hybridized carbons (Fsp3) is 0.450. The molecular formula is C20H28N4O5S2. The molecule has 31 heavy (non-hydrogen) atoms. The van der Waals surface area contributed by atoms with Crippen LogP contribution in [0.3, 0.4) is 0 Å². The van der Waals surface area contributed by atoms with Gasteiger partial charge in [-0.3, -0.25) is 14.3 Å². The van der Waals surface area contributed by atoms with Gasteiger partial charge in [0.1, 0.15) is 6.04 Å². The van der Waals surface area contributed by atoms with Gasteiger partial charge in [0.25, 0.3) is 5.91 Å². The summed E-state index contributed by atoms with van der Waals surface area (Å²) in [5.74, 6) is -0.802. The molecule has 1 aromatic carbocycles. The van der Waals surface area contributed by atoms with E-state index in [1.165, 1.54) is 30.8 Å². The minimum atomic E-state index is -3.92. The van der Waals surface area contributed by atoms with Crippen LogP contribution in [0.5, 0.6) is 0 Å². The van der Waals surface area contributed by atoms with E-state index in [4.69, 9.17) is 4.74 Å². The van der Waals surface area contributed by atoms with Gasteiger partial charge < -0.3 is 10.1 Å². The Labute approximate surface area is 187 Å². The largest absolute Gasteiger partial charge is 0.451 e. The average molecular weight is 469 g/mol. The standard InChI is InChI=1S/C20H28N4O5S2/c1-13-18(14(2)24(4)22-13)21-19(25)15(3)29-20(26)17(11-12-30-5)23-31(27,28)16-9-7-6-8-10-16/h6-10,15,17,23H,11-12H2,1-5H3,(H,21,25). The number of nitrogens with zero attached hydrogens (tertiary/aromatic N) is 2. The highest BCUT2D eigenvalue weighted by Crippen LogP contribution is 2.19. The molecule has 2 atom stereocenters. The van der Waals surface area contributed by atoms with Crippen LogP contribution in [0.15, 0.2) is 35.2 Å². The van der Waals surface area contributed by atoms with E-state index in [9.17, 15) is 18.0 Å². The molecule has 170 valence electrons. The average Bonchev–Trinajstić information content (AvgIpc) is 2.97. The molecule has 2 aromatic rings. The maximum atomic E-state index is 12.7. The molecular weight excluding hydrogens is 440 g/mol. The summed E-state index contributed by atoms with van der Waals surface area (Å²) >= 11 is 1.47. The first kappa shape index (κ1) is 24.9. The zero-order valence-electron chi connectivity index (χ0n) is 18.2. The molecule has 0 aliphatic carbocycles. The zero-order chi connectivity index (χ0) is 23.2. The molecule has 1 aromatic heterocycles. The fourth-order valence-electron chi connectivity index (χ4n) is 2.80. The van der Waals surface area contributed by atoms with Crippen molar-refractivity contribution in [3.05, 3.63) is 41.7 Å². The second kappa shape index (κ2) is 10.8. The number of ether oxygens (including phenoxy) is 1. The smallest absolute Gasteiger partial charge is 0.324 e. The van der Waals surface area contributed by atoms with Crippen molar-refractivity contribution < 1.29 is 22.7 Å². The third-order valence-corrected chi connectivity index (χ3v) is 6.80. The number of aryl methyl sites for hydroxylation is 2. The van der Waals surface area contributed by atoms with Crippen molar-refractivity contribution in [1.29, 1.82) is 0 Å². The SMILES string of the molecule is CSCCC(NS(=O)(=O)c1ccccc1)C(=O)OC(C)C(=O)Nc1c(C)nn(C)c1C. The van der Waals surface area contributed by atoms with Crippen molar-refractivity contribution >= 4 is 39.3 Å². The van der Waals surface area contributed by atoms with Crippen LogP contribution in [0.25, 0.3) is 0 Å². The van der Waals surface area contributed by atoms with Gasteiger partial charge in [-0.2, -0.15) is 21.6 Å². The number of benzene rings is 1. The van der Waals surface area contributed by atoms with Crippen LogP contribution in [-0.4, -0.2) is 54.2 Å². The number of amides is 1. The van der Waals surface area contributed by atoms with Crippen molar-refractivity contribution in [2.75, 3.05) is 17.3 Å². The Hall–Kier alpha value is -2.37. The molecule has 11 heteroatoms. The van der Waals surface area contributed by atoms with Gasteiger partial charge in [-0.1, -0.05) is 18.2 Å². The molecule has 0 spiro atoms. The van der Waals surface area contributed by atoms with Crippen LogP contribution in [-0.2, 0) is 31.4 Å². The Morgan fingerprint density at radius 2 is 1.87 bits per heavy atom. The molecule has 2 rings (SSSR count). The van der Waals surface area contributed by atoms with E-state index in [1.54, 1.807) is 36.9 Å². The maximum absolute atomic E-state index is 12.7. The zero-order valence-corrected chi connectivity index (χ0v) is 19.8. The van der Waals surface area contributed by atoms with E-state index in [-0.39, 0.29) is 11.3 Å². The number of hydrogen-bond donors (Lipinski definition) is 2. The van der Waals surface area contributed by atoms with Crippen molar-refractivity contribution in [2.45, 2.75) is 44.2 Å². The lowest BCUT2D eigenvalue weighted by Gasteiger charge is -2.20. The van der Waals surface area contributed by atoms with Crippen LogP contribution < -0.4 is 10.0 Å². The van der Waals surface area contributed by atoms with Gasteiger partial charge in [-0.25, -0.2) is 8.42 Å². The number of sulfonamides is 1. The third kappa shape index (κ3) is 6.55. The predicted octanol–water partition coefficient (Wildman–Crippen LogP) is 2.01. The normalized spacial score (nSPS) is 13.5. The molecule has 0 radical (unpaired) electrons. The molecule has 0 aliphatic heterocycles. The number of thioether (sulfide) groups is 1. The summed E-state index contributed by atoms with van der Waals surface area (Å²) in [6, 6.07) is 6.65. The summed E-state index contributed by atoms with van der Waals surface area (Å²) < 4.78 is 34.6. The summed E-state index contributed by atoms with van der Waals surface area (Å²) in [5.41, 5.74) is 1.96. The Balaban J connectivity index is 2.09. The van der Waals surface area contributed by atoms with E-state index < -0.39 is 34.0 Å². The van der Waals surface area contributed by atoms with Gasteiger partial charge in [0.2, 0.25) is 10.0 Å². The number of hydrogen-bond acceptors (Lipinski definition) is 7. The van der Waals surface area contributed by atoms with Crippen LogP contribution in [0.1, 0.15) is 24.7 Å². The molecule has 1 amide bonds. The molecule has 0 bridgehead atoms. The Bertz CT molecular complexity index is 1020. The van der Waals surface area contributed by atoms with Gasteiger partial charge >= 0.3 is 5.97 Å². The van der Waals surface area contributed by atoms with E-state index in [0.29, 0.717) is 17.1 Å². The first-order chi connectivity index (χ1) is 14.6. The first-order valence-electron chi connectivity index (χ1n) is 9.64. The van der Waals surface area contributed by atoms with Gasteiger partial charge in [0.15, 0.2) is 6.10 Å². The molecule has 2 N–H and O–H groups in total. The Morgan fingerprint density at radius 1 is 1.23 bits per heavy atom. The lowest BCUT2D eigenvalue weighted by molar-refractivity contribution is -0.154. The number of carbonyl (C=O) groups is 2. The third-order valence-electron chi connectivity index (χ3n) is 4.67. The van der Waals surface area contributed by atoms with Gasteiger partial charge in [0, 0.05) is 7.05 Å². The topological polar surface area (TPSA) is 119 Å². The lowest BCUT2D eigenvalue weighted by Crippen LogP contribution is -2.44. The second-order valence-electron chi connectivity index (χ2n) is 7.01. The monoisotopic (exact) mass is 468 g/mol. The number of anilines is 1. The second-order valence-corrected chi connectivity index (χ2v) is 9.71. The molecule has 2 unspecified atom stereocenters. The number of carbonyl (C=O) groups excluding carboxylic acids is 2. The minimum absolute atomic E-state index is 0.0465. The fourth-order valence-corrected chi connectivity index (χ4v) is 4.52. The van der Waals surface area contributed by atoms with Crippen molar-refractivity contribution in [3.8, 4) is 0 Å². The molecule has 1 heterocycles. The van der Waals surface area contributed by atoms with Crippen molar-refractivity contribution in [1.82, 2.24) is 14.5 Å². The molecule has 9 nitrogen and oxygen atoms in total. The van der Waals surface area contributed by atoms with Crippen LogP contribution in [0, 0.1) is 13.8 Å². The Morgan fingerprint density at radius 3 is 2.42 bits per heavy atom. The number of aromatic nitrogens is 2. The van der Waals surface area contributed by atoms with Crippen LogP contribution in [0.2, 0.25) is 0 Å². The van der Waals surface area contributed by atoms with E-state index in [0.717, 1.165) is 5.69 Å². The highest BCUT2D eigenvalue weighted by molar-refractivity contribution is 7.98. The first-order valence-corrected chi connectivity index (χ1v) is 12.5. The predicted molar refractivity (Wildman–Crippen MR) is 120 cm³/mol. The van der Waals surface area contributed by atoms with Gasteiger partial charge in [0.05, 0.1) is 22.0 Å². The summed E-state index contributed by atoms with van der Waals surface area (Å²) in [4.78, 5) is 25.3. The minimum Gasteiger partial charge on any atom is -0.451 e. The highest BCUT2D eigenvalue weighted by atomic mass is 32.2. The molecule has 0 saturated heterocycles. The number of nitrogens with one attached hydrogen (secondary N) is 2. The van der Waals surface area contributed by atoms with Gasteiger partial charge in [-0.15, -0.1) is 0 Å². The van der Waals surface area contributed by atoms with Crippen LogP contribution in [0.4, 0.5) is 5.69 Å².